The summed E-state index contributed by atoms with van der Waals surface area (Å²) < 4.78 is 5.46. The van der Waals surface area contributed by atoms with Crippen LogP contribution in [-0.2, 0) is 4.74 Å². The lowest BCUT2D eigenvalue weighted by Gasteiger charge is -2.40. The molecule has 3 N–H and O–H groups in total. The van der Waals surface area contributed by atoms with E-state index in [1.54, 1.807) is 18.2 Å². The van der Waals surface area contributed by atoms with Crippen LogP contribution in [0, 0.1) is 0 Å². The minimum atomic E-state index is -1.29. The second-order valence-corrected chi connectivity index (χ2v) is 6.58. The quantitative estimate of drug-likeness (QED) is 0.429. The van der Waals surface area contributed by atoms with Crippen molar-refractivity contribution in [3.63, 3.8) is 0 Å². The highest BCUT2D eigenvalue weighted by Gasteiger charge is 2.44. The Morgan fingerprint density at radius 3 is 2.59 bits per heavy atom. The number of aliphatic hydroxyl groups excluding tert-OH is 3. The fourth-order valence-corrected chi connectivity index (χ4v) is 3.51. The fourth-order valence-electron chi connectivity index (χ4n) is 2.05. The topological polar surface area (TPSA) is 119 Å². The van der Waals surface area contributed by atoms with Crippen molar-refractivity contribution in [2.24, 2.45) is 5.11 Å². The van der Waals surface area contributed by atoms with Gasteiger partial charge in [-0.3, -0.25) is 0 Å². The van der Waals surface area contributed by atoms with Crippen LogP contribution in [0.2, 0.25) is 10.0 Å². The van der Waals surface area contributed by atoms with Gasteiger partial charge in [0.05, 0.1) is 28.8 Å². The van der Waals surface area contributed by atoms with Crippen molar-refractivity contribution in [2.45, 2.75) is 34.7 Å². The molecule has 5 atom stereocenters. The Hall–Kier alpha value is -0.700. The minimum Gasteiger partial charge on any atom is -0.394 e. The number of thioether (sulfide) groups is 1. The molecule has 0 spiro atoms. The molecule has 1 heterocycles. The summed E-state index contributed by atoms with van der Waals surface area (Å²) in [6, 6.07) is 3.78. The second kappa shape index (κ2) is 7.72. The van der Waals surface area contributed by atoms with Gasteiger partial charge in [-0.2, -0.15) is 0 Å². The number of halogens is 2. The van der Waals surface area contributed by atoms with Crippen LogP contribution in [0.25, 0.3) is 10.4 Å². The largest absolute Gasteiger partial charge is 0.394 e. The highest BCUT2D eigenvalue weighted by Crippen LogP contribution is 2.36. The normalized spacial score (nSPS) is 31.6. The molecule has 0 radical (unpaired) electrons. The predicted molar refractivity (Wildman–Crippen MR) is 83.0 cm³/mol. The summed E-state index contributed by atoms with van der Waals surface area (Å²) in [6.45, 7) is -0.468. The average Bonchev–Trinajstić information content (AvgIpc) is 2.50. The second-order valence-electron chi connectivity index (χ2n) is 4.60. The summed E-state index contributed by atoms with van der Waals surface area (Å²) in [4.78, 5) is 3.29. The van der Waals surface area contributed by atoms with Crippen LogP contribution in [0.1, 0.15) is 0 Å². The number of rotatable bonds is 4. The molecule has 0 bridgehead atoms. The van der Waals surface area contributed by atoms with E-state index in [-0.39, 0.29) is 0 Å². The van der Waals surface area contributed by atoms with E-state index in [1.165, 1.54) is 0 Å². The highest BCUT2D eigenvalue weighted by molar-refractivity contribution is 7.99. The molecule has 1 saturated heterocycles. The molecule has 1 aliphatic heterocycles. The molecule has 7 nitrogen and oxygen atoms in total. The maximum absolute atomic E-state index is 10.2. The lowest BCUT2D eigenvalue weighted by molar-refractivity contribution is -0.159. The van der Waals surface area contributed by atoms with E-state index in [0.717, 1.165) is 11.8 Å². The number of nitrogens with zero attached hydrogens (tertiary/aromatic N) is 3. The smallest absolute Gasteiger partial charge is 0.134 e. The Labute approximate surface area is 140 Å². The Balaban J connectivity index is 2.21. The van der Waals surface area contributed by atoms with Gasteiger partial charge in [-0.05, 0) is 23.7 Å². The van der Waals surface area contributed by atoms with Gasteiger partial charge in [0.25, 0.3) is 0 Å². The summed E-state index contributed by atoms with van der Waals surface area (Å²) in [7, 11) is 0. The highest BCUT2D eigenvalue weighted by atomic mass is 35.5. The first-order chi connectivity index (χ1) is 10.5. The molecule has 1 unspecified atom stereocenters. The van der Waals surface area contributed by atoms with Gasteiger partial charge in [-0.25, -0.2) is 0 Å². The van der Waals surface area contributed by atoms with Gasteiger partial charge >= 0.3 is 0 Å². The molecule has 1 aromatic rings. The summed E-state index contributed by atoms with van der Waals surface area (Å²) in [5, 5.41) is 33.5. The number of benzene rings is 1. The van der Waals surface area contributed by atoms with Gasteiger partial charge < -0.3 is 20.1 Å². The van der Waals surface area contributed by atoms with E-state index in [4.69, 9.17) is 33.5 Å². The van der Waals surface area contributed by atoms with Crippen molar-refractivity contribution in [3.8, 4) is 0 Å². The van der Waals surface area contributed by atoms with Gasteiger partial charge in [0.1, 0.15) is 17.6 Å². The van der Waals surface area contributed by atoms with Crippen molar-refractivity contribution < 1.29 is 20.1 Å². The molecule has 1 fully saturated rings. The van der Waals surface area contributed by atoms with Crippen molar-refractivity contribution in [3.05, 3.63) is 38.7 Å². The average molecular weight is 366 g/mol. The first kappa shape index (κ1) is 17.7. The molecule has 1 aromatic carbocycles. The van der Waals surface area contributed by atoms with Crippen molar-refractivity contribution in [1.29, 1.82) is 0 Å². The Kier molecular flexibility index (Phi) is 6.19. The van der Waals surface area contributed by atoms with E-state index in [9.17, 15) is 15.3 Å². The molecule has 0 aromatic heterocycles. The zero-order valence-electron chi connectivity index (χ0n) is 11.1. The van der Waals surface area contributed by atoms with Crippen molar-refractivity contribution in [1.82, 2.24) is 0 Å². The SMILES string of the molecule is [N-]=[N+]=NC1[C@@H](O)[C@@H](Sc2ccc(Cl)c(Cl)c2)O[C@H](CO)[C@@H]1O. The standard InChI is InChI=1S/C12H13Cl2N3O4S/c13-6-2-1-5(3-7(6)14)22-12-11(20)9(16-17-15)10(19)8(4-18)21-12/h1-3,8-12,18-20H,4H2/t8-,9?,10+,11-,12-/m1/s1. The van der Waals surface area contributed by atoms with Crippen LogP contribution in [0.15, 0.2) is 28.2 Å². The number of ether oxygens (including phenoxy) is 1. The van der Waals surface area contributed by atoms with Gasteiger partial charge in [-0.1, -0.05) is 40.1 Å². The van der Waals surface area contributed by atoms with E-state index in [1.807, 2.05) is 0 Å². The number of hydrogen-bond acceptors (Lipinski definition) is 6. The van der Waals surface area contributed by atoms with Crippen LogP contribution in [-0.4, -0.2) is 51.7 Å². The Morgan fingerprint density at radius 2 is 2.00 bits per heavy atom. The third-order valence-electron chi connectivity index (χ3n) is 3.18. The molecule has 1 aliphatic rings. The summed E-state index contributed by atoms with van der Waals surface area (Å²) in [6.07, 6.45) is -3.49. The lowest BCUT2D eigenvalue weighted by atomic mass is 9.98. The molecule has 10 heteroatoms. The predicted octanol–water partition coefficient (Wildman–Crippen LogP) is 2.20. The summed E-state index contributed by atoms with van der Waals surface area (Å²) in [5.41, 5.74) is 7.71. The molecule has 0 aliphatic carbocycles. The van der Waals surface area contributed by atoms with E-state index >= 15 is 0 Å². The molecule has 22 heavy (non-hydrogen) atoms. The first-order valence-electron chi connectivity index (χ1n) is 6.26. The zero-order valence-corrected chi connectivity index (χ0v) is 13.4. The van der Waals surface area contributed by atoms with Gasteiger partial charge in [0.2, 0.25) is 0 Å². The Morgan fingerprint density at radius 1 is 1.27 bits per heavy atom. The van der Waals surface area contributed by atoms with Crippen molar-refractivity contribution >= 4 is 35.0 Å². The molecule has 120 valence electrons. The van der Waals surface area contributed by atoms with Crippen LogP contribution in [0.5, 0.6) is 0 Å². The summed E-state index contributed by atoms with van der Waals surface area (Å²) >= 11 is 12.9. The monoisotopic (exact) mass is 365 g/mol. The maximum Gasteiger partial charge on any atom is 0.134 e. The number of azide groups is 1. The van der Waals surface area contributed by atoms with Gasteiger partial charge in [0, 0.05) is 9.81 Å². The van der Waals surface area contributed by atoms with Crippen LogP contribution in [0.3, 0.4) is 0 Å². The molecular weight excluding hydrogens is 353 g/mol. The van der Waals surface area contributed by atoms with Crippen molar-refractivity contribution in [2.75, 3.05) is 6.61 Å². The van der Waals surface area contributed by atoms with Gasteiger partial charge in [0.15, 0.2) is 0 Å². The first-order valence-corrected chi connectivity index (χ1v) is 7.90. The van der Waals surface area contributed by atoms with Crippen LogP contribution in [0.4, 0.5) is 0 Å². The third kappa shape index (κ3) is 3.79. The van der Waals surface area contributed by atoms with E-state index < -0.39 is 36.4 Å². The fraction of sp³-hybridized carbons (Fsp3) is 0.500. The molecule has 0 saturated carbocycles. The third-order valence-corrected chi connectivity index (χ3v) is 5.06. The zero-order chi connectivity index (χ0) is 16.3. The molecule has 0 amide bonds. The van der Waals surface area contributed by atoms with E-state index in [0.29, 0.717) is 14.9 Å². The van der Waals surface area contributed by atoms with Gasteiger partial charge in [-0.15, -0.1) is 0 Å². The summed E-state index contributed by atoms with van der Waals surface area (Å²) in [5.74, 6) is 0. The van der Waals surface area contributed by atoms with Crippen LogP contribution < -0.4 is 0 Å². The number of hydrogen-bond donors (Lipinski definition) is 3. The van der Waals surface area contributed by atoms with Crippen LogP contribution >= 0.6 is 35.0 Å². The molecular formula is C12H13Cl2N3O4S. The minimum absolute atomic E-state index is 0.349. The molecule has 2 rings (SSSR count). The lowest BCUT2D eigenvalue weighted by Crippen LogP contribution is -2.56. The van der Waals surface area contributed by atoms with E-state index in [2.05, 4.69) is 10.0 Å². The number of aliphatic hydroxyl groups is 3. The maximum atomic E-state index is 10.2. The Bertz CT molecular complexity index is 587.